The van der Waals surface area contributed by atoms with E-state index >= 15 is 0 Å². The molecule has 2 heterocycles. The highest BCUT2D eigenvalue weighted by Crippen LogP contribution is 2.25. The summed E-state index contributed by atoms with van der Waals surface area (Å²) in [5, 5.41) is 18.8. The maximum absolute atomic E-state index is 11.1. The van der Waals surface area contributed by atoms with Crippen molar-refractivity contribution in [3.63, 3.8) is 0 Å². The number of aromatic hydroxyl groups is 1. The van der Waals surface area contributed by atoms with Crippen LogP contribution in [0.2, 0.25) is 0 Å². The van der Waals surface area contributed by atoms with Crippen LogP contribution >= 0.6 is 0 Å². The zero-order chi connectivity index (χ0) is 11.8. The smallest absolute Gasteiger partial charge is 0.226 e. The highest BCUT2D eigenvalue weighted by molar-refractivity contribution is 5.15. The molecule has 5 nitrogen and oxygen atoms in total. The molecule has 1 fully saturated rings. The van der Waals surface area contributed by atoms with Crippen molar-refractivity contribution in [1.82, 2.24) is 4.90 Å². The first-order valence-corrected chi connectivity index (χ1v) is 5.28. The van der Waals surface area contributed by atoms with Crippen molar-refractivity contribution in [2.45, 2.75) is 25.5 Å². The van der Waals surface area contributed by atoms with Crippen molar-refractivity contribution >= 4 is 0 Å². The van der Waals surface area contributed by atoms with E-state index in [9.17, 15) is 9.90 Å². The van der Waals surface area contributed by atoms with Gasteiger partial charge < -0.3 is 14.6 Å². The Morgan fingerprint density at radius 3 is 2.81 bits per heavy atom. The molecule has 0 unspecified atom stereocenters. The van der Waals surface area contributed by atoms with E-state index in [1.54, 1.807) is 0 Å². The third-order valence-corrected chi connectivity index (χ3v) is 2.94. The Hall–Kier alpha value is -1.33. The molecule has 1 aliphatic rings. The monoisotopic (exact) mass is 225 g/mol. The quantitative estimate of drug-likeness (QED) is 0.774. The highest BCUT2D eigenvalue weighted by Gasteiger charge is 2.39. The van der Waals surface area contributed by atoms with Crippen molar-refractivity contribution in [2.24, 2.45) is 0 Å². The van der Waals surface area contributed by atoms with Gasteiger partial charge in [-0.05, 0) is 6.42 Å². The number of likely N-dealkylation sites (tertiary alicyclic amines) is 1. The van der Waals surface area contributed by atoms with E-state index in [1.807, 2.05) is 11.8 Å². The number of nitrogens with zero attached hydrogens (tertiary/aromatic N) is 1. The van der Waals surface area contributed by atoms with Gasteiger partial charge in [0.05, 0.1) is 12.1 Å². The topological polar surface area (TPSA) is 73.9 Å². The third-order valence-electron chi connectivity index (χ3n) is 2.94. The molecule has 1 saturated heterocycles. The molecule has 1 aromatic rings. The largest absolute Gasteiger partial charge is 0.502 e. The van der Waals surface area contributed by atoms with Crippen LogP contribution in [0.25, 0.3) is 0 Å². The van der Waals surface area contributed by atoms with Crippen LogP contribution in [0.15, 0.2) is 21.5 Å². The summed E-state index contributed by atoms with van der Waals surface area (Å²) in [6.07, 6.45) is 1.77. The van der Waals surface area contributed by atoms with Gasteiger partial charge in [0.15, 0.2) is 5.75 Å². The van der Waals surface area contributed by atoms with Gasteiger partial charge in [-0.25, -0.2) is 0 Å². The van der Waals surface area contributed by atoms with Crippen LogP contribution in [0.5, 0.6) is 5.75 Å². The zero-order valence-electron chi connectivity index (χ0n) is 9.14. The molecule has 1 aliphatic heterocycles. The standard InChI is InChI=1S/C11H15NO4/c1-2-11(15)6-12(7-11)4-8-3-9(13)10(14)5-16-8/h3,5,14-15H,2,4,6-7H2,1H3. The molecule has 5 heteroatoms. The molecule has 2 rings (SSSR count). The Kier molecular flexibility index (Phi) is 2.73. The number of aliphatic hydroxyl groups is 1. The van der Waals surface area contributed by atoms with Gasteiger partial charge in [-0.3, -0.25) is 9.69 Å². The second kappa shape index (κ2) is 3.92. The third kappa shape index (κ3) is 2.10. The van der Waals surface area contributed by atoms with E-state index < -0.39 is 11.0 Å². The molecule has 0 amide bonds. The Labute approximate surface area is 92.9 Å². The van der Waals surface area contributed by atoms with Gasteiger partial charge in [-0.1, -0.05) is 6.92 Å². The maximum Gasteiger partial charge on any atom is 0.226 e. The molecule has 0 spiro atoms. The molecule has 0 saturated carbocycles. The molecule has 0 bridgehead atoms. The summed E-state index contributed by atoms with van der Waals surface area (Å²) >= 11 is 0. The fourth-order valence-electron chi connectivity index (χ4n) is 1.87. The summed E-state index contributed by atoms with van der Waals surface area (Å²) in [7, 11) is 0. The van der Waals surface area contributed by atoms with Crippen molar-refractivity contribution < 1.29 is 14.6 Å². The van der Waals surface area contributed by atoms with Crippen molar-refractivity contribution in [1.29, 1.82) is 0 Å². The second-order valence-electron chi connectivity index (χ2n) is 4.32. The summed E-state index contributed by atoms with van der Waals surface area (Å²) in [5.74, 6) is 0.123. The van der Waals surface area contributed by atoms with Crippen molar-refractivity contribution in [3.8, 4) is 5.75 Å². The van der Waals surface area contributed by atoms with Crippen LogP contribution in [0.1, 0.15) is 19.1 Å². The van der Waals surface area contributed by atoms with Crippen LogP contribution in [0.3, 0.4) is 0 Å². The SMILES string of the molecule is CCC1(O)CN(Cc2cc(=O)c(O)co2)C1. The predicted molar refractivity (Wildman–Crippen MR) is 57.2 cm³/mol. The van der Waals surface area contributed by atoms with Crippen molar-refractivity contribution in [2.75, 3.05) is 13.1 Å². The fraction of sp³-hybridized carbons (Fsp3) is 0.545. The minimum Gasteiger partial charge on any atom is -0.502 e. The minimum absolute atomic E-state index is 0.377. The van der Waals surface area contributed by atoms with Gasteiger partial charge >= 0.3 is 0 Å². The molecule has 0 aliphatic carbocycles. The van der Waals surface area contributed by atoms with Crippen LogP contribution in [0, 0.1) is 0 Å². The van der Waals surface area contributed by atoms with E-state index in [4.69, 9.17) is 9.52 Å². The molecule has 16 heavy (non-hydrogen) atoms. The van der Waals surface area contributed by atoms with E-state index in [2.05, 4.69) is 0 Å². The first-order valence-electron chi connectivity index (χ1n) is 5.28. The molecular weight excluding hydrogens is 210 g/mol. The predicted octanol–water partition coefficient (Wildman–Crippen LogP) is 0.302. The first kappa shape index (κ1) is 11.2. The van der Waals surface area contributed by atoms with Crippen LogP contribution in [-0.4, -0.2) is 33.8 Å². The van der Waals surface area contributed by atoms with Gasteiger partial charge in [0.2, 0.25) is 5.43 Å². The number of hydrogen-bond acceptors (Lipinski definition) is 5. The van der Waals surface area contributed by atoms with Gasteiger partial charge in [-0.15, -0.1) is 0 Å². The molecule has 0 radical (unpaired) electrons. The van der Waals surface area contributed by atoms with Crippen molar-refractivity contribution in [3.05, 3.63) is 28.3 Å². The maximum atomic E-state index is 11.1. The lowest BCUT2D eigenvalue weighted by Gasteiger charge is -2.45. The Balaban J connectivity index is 1.97. The summed E-state index contributed by atoms with van der Waals surface area (Å²) in [4.78, 5) is 13.1. The average molecular weight is 225 g/mol. The Morgan fingerprint density at radius 1 is 1.56 bits per heavy atom. The lowest BCUT2D eigenvalue weighted by Crippen LogP contribution is -2.60. The number of rotatable bonds is 3. The fourth-order valence-corrected chi connectivity index (χ4v) is 1.87. The van der Waals surface area contributed by atoms with Gasteiger partial charge in [0, 0.05) is 19.2 Å². The molecule has 2 N–H and O–H groups in total. The van der Waals surface area contributed by atoms with Crippen LogP contribution in [0.4, 0.5) is 0 Å². The van der Waals surface area contributed by atoms with Gasteiger partial charge in [0.1, 0.15) is 12.0 Å². The molecule has 0 aromatic carbocycles. The Morgan fingerprint density at radius 2 is 2.25 bits per heavy atom. The molecule has 1 aromatic heterocycles. The van der Waals surface area contributed by atoms with Gasteiger partial charge in [-0.2, -0.15) is 0 Å². The lowest BCUT2D eigenvalue weighted by molar-refractivity contribution is -0.105. The number of hydrogen-bond donors (Lipinski definition) is 2. The molecule has 0 atom stereocenters. The average Bonchev–Trinajstić information content (AvgIpc) is 2.21. The Bertz CT molecular complexity index is 434. The van der Waals surface area contributed by atoms with E-state index in [0.717, 1.165) is 12.7 Å². The summed E-state index contributed by atoms with van der Waals surface area (Å²) in [5.41, 5.74) is -1.02. The minimum atomic E-state index is -0.586. The molecular formula is C11H15NO4. The van der Waals surface area contributed by atoms with Gasteiger partial charge in [0.25, 0.3) is 0 Å². The lowest BCUT2D eigenvalue weighted by atomic mass is 9.91. The van der Waals surface area contributed by atoms with Crippen LogP contribution in [-0.2, 0) is 6.54 Å². The summed E-state index contributed by atoms with van der Waals surface area (Å²) in [6.45, 7) is 3.61. The zero-order valence-corrected chi connectivity index (χ0v) is 9.14. The van der Waals surface area contributed by atoms with Crippen LogP contribution < -0.4 is 5.43 Å². The van der Waals surface area contributed by atoms with E-state index in [-0.39, 0.29) is 5.75 Å². The summed E-state index contributed by atoms with van der Waals surface area (Å²) < 4.78 is 5.07. The molecule has 88 valence electrons. The normalized spacial score (nSPS) is 19.4. The second-order valence-corrected chi connectivity index (χ2v) is 4.32. The highest BCUT2D eigenvalue weighted by atomic mass is 16.4. The van der Waals surface area contributed by atoms with E-state index in [0.29, 0.717) is 25.4 Å². The first-order chi connectivity index (χ1) is 7.52. The van der Waals surface area contributed by atoms with E-state index in [1.165, 1.54) is 6.07 Å². The number of β-amino-alcohol motifs (C(OH)–C–C–N with tert-alkyl or cyclic N) is 1. The summed E-state index contributed by atoms with van der Waals surface area (Å²) in [6, 6.07) is 1.28.